The molecule has 2 rings (SSSR count). The highest BCUT2D eigenvalue weighted by Gasteiger charge is 2.09. The van der Waals surface area contributed by atoms with Gasteiger partial charge in [0.25, 0.3) is 0 Å². The summed E-state index contributed by atoms with van der Waals surface area (Å²) < 4.78 is 18.1. The van der Waals surface area contributed by atoms with Crippen LogP contribution in [0.15, 0.2) is 12.1 Å². The SMILES string of the molecule is COc1cc2nc(Cl)c(Cl)nc2cc1F. The second-order valence-electron chi connectivity index (χ2n) is 2.78. The number of benzene rings is 1. The van der Waals surface area contributed by atoms with E-state index in [1.54, 1.807) is 0 Å². The fourth-order valence-electron chi connectivity index (χ4n) is 1.17. The van der Waals surface area contributed by atoms with Gasteiger partial charge >= 0.3 is 0 Å². The molecule has 1 heterocycles. The van der Waals surface area contributed by atoms with Gasteiger partial charge in [-0.3, -0.25) is 0 Å². The topological polar surface area (TPSA) is 35.0 Å². The van der Waals surface area contributed by atoms with Crippen molar-refractivity contribution in [2.75, 3.05) is 7.11 Å². The number of hydrogen-bond donors (Lipinski definition) is 0. The summed E-state index contributed by atoms with van der Waals surface area (Å²) in [5.74, 6) is -0.423. The van der Waals surface area contributed by atoms with E-state index in [1.165, 1.54) is 19.2 Å². The maximum absolute atomic E-state index is 13.3. The van der Waals surface area contributed by atoms with Crippen LogP contribution in [0.1, 0.15) is 0 Å². The lowest BCUT2D eigenvalue weighted by molar-refractivity contribution is 0.387. The maximum atomic E-state index is 13.3. The third-order valence-electron chi connectivity index (χ3n) is 1.86. The fraction of sp³-hybridized carbons (Fsp3) is 0.111. The van der Waals surface area contributed by atoms with Gasteiger partial charge in [-0.05, 0) is 0 Å². The summed E-state index contributed by atoms with van der Waals surface area (Å²) in [6, 6.07) is 2.61. The number of methoxy groups -OCH3 is 1. The highest BCUT2D eigenvalue weighted by atomic mass is 35.5. The summed E-state index contributed by atoms with van der Waals surface area (Å²) in [6.45, 7) is 0. The van der Waals surface area contributed by atoms with Gasteiger partial charge in [-0.2, -0.15) is 0 Å². The molecule has 0 fully saturated rings. The third-order valence-corrected chi connectivity index (χ3v) is 2.48. The molecule has 0 unspecified atom stereocenters. The average molecular weight is 247 g/mol. The predicted molar refractivity (Wildman–Crippen MR) is 56.1 cm³/mol. The van der Waals surface area contributed by atoms with E-state index in [0.29, 0.717) is 11.0 Å². The van der Waals surface area contributed by atoms with Gasteiger partial charge in [0.2, 0.25) is 0 Å². The zero-order chi connectivity index (χ0) is 11.0. The molecule has 0 aliphatic rings. The molecule has 0 amide bonds. The summed E-state index contributed by atoms with van der Waals surface area (Å²) in [5.41, 5.74) is 0.769. The summed E-state index contributed by atoms with van der Waals surface area (Å²) in [4.78, 5) is 7.84. The van der Waals surface area contributed by atoms with E-state index >= 15 is 0 Å². The highest BCUT2D eigenvalue weighted by molar-refractivity contribution is 6.40. The first-order chi connectivity index (χ1) is 7.11. The molecule has 78 valence electrons. The van der Waals surface area contributed by atoms with Crippen LogP contribution in [-0.4, -0.2) is 17.1 Å². The van der Waals surface area contributed by atoms with Crippen LogP contribution in [0.2, 0.25) is 10.3 Å². The van der Waals surface area contributed by atoms with E-state index in [4.69, 9.17) is 27.9 Å². The molecular formula is C9H5Cl2FN2O. The summed E-state index contributed by atoms with van der Waals surface area (Å²) in [7, 11) is 1.37. The van der Waals surface area contributed by atoms with Crippen LogP contribution in [0.5, 0.6) is 5.75 Å². The smallest absolute Gasteiger partial charge is 0.167 e. The lowest BCUT2D eigenvalue weighted by Crippen LogP contribution is -1.92. The molecule has 0 spiro atoms. The Hall–Kier alpha value is -1.13. The Kier molecular flexibility index (Phi) is 2.63. The van der Waals surface area contributed by atoms with Gasteiger partial charge in [-0.1, -0.05) is 23.2 Å². The lowest BCUT2D eigenvalue weighted by atomic mass is 10.3. The molecule has 0 atom stereocenters. The number of hydrogen-bond acceptors (Lipinski definition) is 3. The molecular weight excluding hydrogens is 242 g/mol. The van der Waals surface area contributed by atoms with Gasteiger partial charge in [0, 0.05) is 12.1 Å². The van der Waals surface area contributed by atoms with Gasteiger partial charge in [-0.15, -0.1) is 0 Å². The van der Waals surface area contributed by atoms with E-state index in [0.717, 1.165) is 0 Å². The van der Waals surface area contributed by atoms with Crippen LogP contribution in [0, 0.1) is 5.82 Å². The molecule has 3 nitrogen and oxygen atoms in total. The molecule has 0 aliphatic heterocycles. The average Bonchev–Trinajstić information content (AvgIpc) is 2.20. The first kappa shape index (κ1) is 10.4. The molecule has 0 saturated carbocycles. The Morgan fingerprint density at radius 3 is 2.20 bits per heavy atom. The zero-order valence-electron chi connectivity index (χ0n) is 7.59. The molecule has 0 saturated heterocycles. The van der Waals surface area contributed by atoms with Crippen LogP contribution in [0.4, 0.5) is 4.39 Å². The van der Waals surface area contributed by atoms with Crippen molar-refractivity contribution in [2.24, 2.45) is 0 Å². The first-order valence-corrected chi connectivity index (χ1v) is 4.73. The van der Waals surface area contributed by atoms with Crippen molar-refractivity contribution in [3.8, 4) is 5.75 Å². The minimum absolute atomic E-state index is 0.0498. The molecule has 0 aliphatic carbocycles. The molecule has 0 N–H and O–H groups in total. The highest BCUT2D eigenvalue weighted by Crippen LogP contribution is 2.26. The van der Waals surface area contributed by atoms with Gasteiger partial charge in [0.15, 0.2) is 21.9 Å². The monoisotopic (exact) mass is 246 g/mol. The van der Waals surface area contributed by atoms with Crippen molar-refractivity contribution in [1.82, 2.24) is 9.97 Å². The summed E-state index contributed by atoms with van der Waals surface area (Å²) in [6.07, 6.45) is 0. The van der Waals surface area contributed by atoms with Crippen molar-refractivity contribution in [3.05, 3.63) is 28.3 Å². The largest absolute Gasteiger partial charge is 0.494 e. The molecule has 1 aromatic carbocycles. The fourth-order valence-corrected chi connectivity index (χ4v) is 1.44. The number of nitrogens with zero attached hydrogens (tertiary/aromatic N) is 2. The van der Waals surface area contributed by atoms with Crippen molar-refractivity contribution in [3.63, 3.8) is 0 Å². The molecule has 2 aromatic rings. The van der Waals surface area contributed by atoms with Gasteiger partial charge in [-0.25, -0.2) is 14.4 Å². The second kappa shape index (κ2) is 3.79. The van der Waals surface area contributed by atoms with Crippen LogP contribution < -0.4 is 4.74 Å². The number of fused-ring (bicyclic) bond motifs is 1. The number of halogens is 3. The van der Waals surface area contributed by atoms with Crippen molar-refractivity contribution in [1.29, 1.82) is 0 Å². The number of ether oxygens (including phenoxy) is 1. The third kappa shape index (κ3) is 1.82. The van der Waals surface area contributed by atoms with Crippen molar-refractivity contribution < 1.29 is 9.13 Å². The molecule has 6 heteroatoms. The molecule has 15 heavy (non-hydrogen) atoms. The Bertz CT molecular complexity index is 533. The normalized spacial score (nSPS) is 10.7. The molecule has 0 bridgehead atoms. The van der Waals surface area contributed by atoms with Gasteiger partial charge < -0.3 is 4.74 Å². The van der Waals surface area contributed by atoms with Crippen LogP contribution in [0.3, 0.4) is 0 Å². The second-order valence-corrected chi connectivity index (χ2v) is 3.50. The van der Waals surface area contributed by atoms with Crippen molar-refractivity contribution >= 4 is 34.2 Å². The minimum atomic E-state index is -0.516. The van der Waals surface area contributed by atoms with E-state index in [1.807, 2.05) is 0 Å². The van der Waals surface area contributed by atoms with Crippen LogP contribution in [0.25, 0.3) is 11.0 Å². The maximum Gasteiger partial charge on any atom is 0.167 e. The van der Waals surface area contributed by atoms with E-state index < -0.39 is 5.82 Å². The Morgan fingerprint density at radius 1 is 1.13 bits per heavy atom. The zero-order valence-corrected chi connectivity index (χ0v) is 9.10. The van der Waals surface area contributed by atoms with Gasteiger partial charge in [0.05, 0.1) is 18.1 Å². The quantitative estimate of drug-likeness (QED) is 0.776. The first-order valence-electron chi connectivity index (χ1n) is 3.98. The van der Waals surface area contributed by atoms with E-state index in [9.17, 15) is 4.39 Å². The molecule has 0 radical (unpaired) electrons. The Morgan fingerprint density at radius 2 is 1.67 bits per heavy atom. The summed E-state index contributed by atoms with van der Waals surface area (Å²) >= 11 is 11.3. The van der Waals surface area contributed by atoms with Crippen molar-refractivity contribution in [2.45, 2.75) is 0 Å². The van der Waals surface area contributed by atoms with Crippen LogP contribution >= 0.6 is 23.2 Å². The number of aromatic nitrogens is 2. The summed E-state index contributed by atoms with van der Waals surface area (Å²) in [5, 5.41) is 0.131. The van der Waals surface area contributed by atoms with Crippen LogP contribution in [-0.2, 0) is 0 Å². The van der Waals surface area contributed by atoms with Gasteiger partial charge in [0.1, 0.15) is 0 Å². The number of rotatable bonds is 1. The van der Waals surface area contributed by atoms with E-state index in [-0.39, 0.29) is 16.1 Å². The molecule has 1 aromatic heterocycles. The minimum Gasteiger partial charge on any atom is -0.494 e. The standard InChI is InChI=1S/C9H5Cl2FN2O/c1-15-7-3-6-5(2-4(7)12)13-8(10)9(11)14-6/h2-3H,1H3. The Balaban J connectivity index is 2.76. The Labute approximate surface area is 94.8 Å². The predicted octanol–water partition coefficient (Wildman–Crippen LogP) is 3.08. The van der Waals surface area contributed by atoms with E-state index in [2.05, 4.69) is 9.97 Å². The lowest BCUT2D eigenvalue weighted by Gasteiger charge is -2.04.